The SMILES string of the molecule is Cc1cc(C)c(C(C)Nc2cccc(F)c2)cc1C. The Morgan fingerprint density at radius 2 is 1.63 bits per heavy atom. The summed E-state index contributed by atoms with van der Waals surface area (Å²) in [5.74, 6) is -0.214. The Kier molecular flexibility index (Phi) is 3.89. The summed E-state index contributed by atoms with van der Waals surface area (Å²) in [6.45, 7) is 8.46. The van der Waals surface area contributed by atoms with E-state index in [2.05, 4.69) is 45.1 Å². The summed E-state index contributed by atoms with van der Waals surface area (Å²) >= 11 is 0. The molecular formula is C17H20FN. The van der Waals surface area contributed by atoms with E-state index in [0.29, 0.717) is 0 Å². The van der Waals surface area contributed by atoms with Crippen molar-refractivity contribution in [3.8, 4) is 0 Å². The van der Waals surface area contributed by atoms with E-state index in [1.807, 2.05) is 6.07 Å². The largest absolute Gasteiger partial charge is 0.378 e. The average molecular weight is 257 g/mol. The number of hydrogen-bond donors (Lipinski definition) is 1. The Hall–Kier alpha value is -1.83. The van der Waals surface area contributed by atoms with Crippen LogP contribution in [-0.4, -0.2) is 0 Å². The molecule has 2 rings (SSSR count). The van der Waals surface area contributed by atoms with E-state index in [1.54, 1.807) is 6.07 Å². The minimum Gasteiger partial charge on any atom is -0.378 e. The molecule has 0 spiro atoms. The minimum atomic E-state index is -0.214. The quantitative estimate of drug-likeness (QED) is 0.822. The predicted molar refractivity (Wildman–Crippen MR) is 79.1 cm³/mol. The van der Waals surface area contributed by atoms with Gasteiger partial charge in [-0.3, -0.25) is 0 Å². The van der Waals surface area contributed by atoms with Crippen molar-refractivity contribution in [2.45, 2.75) is 33.7 Å². The van der Waals surface area contributed by atoms with Crippen LogP contribution in [0.3, 0.4) is 0 Å². The van der Waals surface area contributed by atoms with Gasteiger partial charge in [-0.05, 0) is 68.1 Å². The van der Waals surface area contributed by atoms with Crippen molar-refractivity contribution in [1.29, 1.82) is 0 Å². The maximum Gasteiger partial charge on any atom is 0.125 e. The van der Waals surface area contributed by atoms with E-state index >= 15 is 0 Å². The number of anilines is 1. The number of nitrogens with one attached hydrogen (secondary N) is 1. The molecule has 19 heavy (non-hydrogen) atoms. The van der Waals surface area contributed by atoms with Gasteiger partial charge in [0.25, 0.3) is 0 Å². The van der Waals surface area contributed by atoms with Crippen molar-refractivity contribution < 1.29 is 4.39 Å². The van der Waals surface area contributed by atoms with Gasteiger partial charge in [-0.1, -0.05) is 18.2 Å². The molecule has 2 heteroatoms. The molecule has 100 valence electrons. The summed E-state index contributed by atoms with van der Waals surface area (Å²) in [6, 6.07) is 11.1. The molecule has 0 saturated carbocycles. The van der Waals surface area contributed by atoms with E-state index < -0.39 is 0 Å². The Bertz CT molecular complexity index is 590. The van der Waals surface area contributed by atoms with E-state index in [0.717, 1.165) is 5.69 Å². The first-order valence-corrected chi connectivity index (χ1v) is 6.57. The summed E-state index contributed by atoms with van der Waals surface area (Å²) in [7, 11) is 0. The summed E-state index contributed by atoms with van der Waals surface area (Å²) < 4.78 is 13.2. The molecular weight excluding hydrogens is 237 g/mol. The van der Waals surface area contributed by atoms with Gasteiger partial charge in [-0.2, -0.15) is 0 Å². The summed E-state index contributed by atoms with van der Waals surface area (Å²) in [5.41, 5.74) is 5.92. The maximum atomic E-state index is 13.2. The lowest BCUT2D eigenvalue weighted by Gasteiger charge is -2.19. The fraction of sp³-hybridized carbons (Fsp3) is 0.294. The number of hydrogen-bond acceptors (Lipinski definition) is 1. The normalized spacial score (nSPS) is 12.3. The van der Waals surface area contributed by atoms with Gasteiger partial charge in [-0.15, -0.1) is 0 Å². The molecule has 0 heterocycles. The van der Waals surface area contributed by atoms with Gasteiger partial charge in [0, 0.05) is 11.7 Å². The molecule has 1 N–H and O–H groups in total. The van der Waals surface area contributed by atoms with Crippen molar-refractivity contribution in [2.75, 3.05) is 5.32 Å². The highest BCUT2D eigenvalue weighted by Crippen LogP contribution is 2.25. The lowest BCUT2D eigenvalue weighted by Crippen LogP contribution is -2.09. The molecule has 1 nitrogen and oxygen atoms in total. The first kappa shape index (κ1) is 13.6. The minimum absolute atomic E-state index is 0.154. The number of halogens is 1. The molecule has 2 aromatic carbocycles. The van der Waals surface area contributed by atoms with Crippen LogP contribution >= 0.6 is 0 Å². The molecule has 0 aliphatic rings. The van der Waals surface area contributed by atoms with Crippen molar-refractivity contribution in [1.82, 2.24) is 0 Å². The molecule has 0 aromatic heterocycles. The van der Waals surface area contributed by atoms with Crippen LogP contribution in [0.1, 0.15) is 35.2 Å². The third kappa shape index (κ3) is 3.14. The number of aryl methyl sites for hydroxylation is 3. The Balaban J connectivity index is 2.25. The summed E-state index contributed by atoms with van der Waals surface area (Å²) in [4.78, 5) is 0. The second-order valence-electron chi connectivity index (χ2n) is 5.17. The lowest BCUT2D eigenvalue weighted by molar-refractivity contribution is 0.628. The average Bonchev–Trinajstić information content (AvgIpc) is 2.33. The zero-order valence-electron chi connectivity index (χ0n) is 11.9. The monoisotopic (exact) mass is 257 g/mol. The Morgan fingerprint density at radius 1 is 0.947 bits per heavy atom. The van der Waals surface area contributed by atoms with Crippen LogP contribution in [-0.2, 0) is 0 Å². The highest BCUT2D eigenvalue weighted by atomic mass is 19.1. The van der Waals surface area contributed by atoms with E-state index in [9.17, 15) is 4.39 Å². The number of rotatable bonds is 3. The second-order valence-corrected chi connectivity index (χ2v) is 5.17. The molecule has 1 atom stereocenters. The van der Waals surface area contributed by atoms with Gasteiger partial charge in [0.1, 0.15) is 5.82 Å². The fourth-order valence-corrected chi connectivity index (χ4v) is 2.36. The molecule has 0 amide bonds. The highest BCUT2D eigenvalue weighted by Gasteiger charge is 2.10. The molecule has 0 bridgehead atoms. The Morgan fingerprint density at radius 3 is 2.32 bits per heavy atom. The van der Waals surface area contributed by atoms with E-state index in [-0.39, 0.29) is 11.9 Å². The molecule has 0 saturated heterocycles. The van der Waals surface area contributed by atoms with Crippen LogP contribution in [0.2, 0.25) is 0 Å². The third-order valence-electron chi connectivity index (χ3n) is 3.56. The predicted octanol–water partition coefficient (Wildman–Crippen LogP) is 4.92. The molecule has 1 unspecified atom stereocenters. The van der Waals surface area contributed by atoms with Gasteiger partial charge in [-0.25, -0.2) is 4.39 Å². The lowest BCUT2D eigenvalue weighted by atomic mass is 9.96. The Labute approximate surface area is 114 Å². The first-order valence-electron chi connectivity index (χ1n) is 6.57. The second kappa shape index (κ2) is 5.43. The fourth-order valence-electron chi connectivity index (χ4n) is 2.36. The summed E-state index contributed by atoms with van der Waals surface area (Å²) in [5, 5.41) is 3.35. The molecule has 0 aliphatic carbocycles. The first-order chi connectivity index (χ1) is 8.97. The zero-order valence-corrected chi connectivity index (χ0v) is 11.9. The standard InChI is InChI=1S/C17H20FN/c1-11-8-13(3)17(9-12(11)2)14(4)19-16-7-5-6-15(18)10-16/h5-10,14,19H,1-4H3. The molecule has 0 fully saturated rings. The molecule has 0 radical (unpaired) electrons. The maximum absolute atomic E-state index is 13.2. The van der Waals surface area contributed by atoms with Crippen LogP contribution in [0, 0.1) is 26.6 Å². The van der Waals surface area contributed by atoms with Crippen molar-refractivity contribution in [3.05, 3.63) is 64.5 Å². The van der Waals surface area contributed by atoms with Gasteiger partial charge in [0.15, 0.2) is 0 Å². The van der Waals surface area contributed by atoms with Crippen molar-refractivity contribution in [2.24, 2.45) is 0 Å². The van der Waals surface area contributed by atoms with E-state index in [4.69, 9.17) is 0 Å². The van der Waals surface area contributed by atoms with Gasteiger partial charge in [0.05, 0.1) is 0 Å². The van der Waals surface area contributed by atoms with Crippen LogP contribution < -0.4 is 5.32 Å². The number of benzene rings is 2. The highest BCUT2D eigenvalue weighted by molar-refractivity contribution is 5.47. The van der Waals surface area contributed by atoms with Crippen molar-refractivity contribution >= 4 is 5.69 Å². The molecule has 0 aliphatic heterocycles. The van der Waals surface area contributed by atoms with Crippen LogP contribution in [0.4, 0.5) is 10.1 Å². The van der Waals surface area contributed by atoms with Crippen LogP contribution in [0.25, 0.3) is 0 Å². The van der Waals surface area contributed by atoms with Gasteiger partial charge in [0.2, 0.25) is 0 Å². The smallest absolute Gasteiger partial charge is 0.125 e. The van der Waals surface area contributed by atoms with Gasteiger partial charge < -0.3 is 5.32 Å². The van der Waals surface area contributed by atoms with Crippen LogP contribution in [0.5, 0.6) is 0 Å². The molecule has 2 aromatic rings. The summed E-state index contributed by atoms with van der Waals surface area (Å²) in [6.07, 6.45) is 0. The van der Waals surface area contributed by atoms with Crippen LogP contribution in [0.15, 0.2) is 36.4 Å². The van der Waals surface area contributed by atoms with Crippen molar-refractivity contribution in [3.63, 3.8) is 0 Å². The zero-order chi connectivity index (χ0) is 14.0. The topological polar surface area (TPSA) is 12.0 Å². The van der Waals surface area contributed by atoms with Gasteiger partial charge >= 0.3 is 0 Å². The third-order valence-corrected chi connectivity index (χ3v) is 3.56. The van der Waals surface area contributed by atoms with E-state index in [1.165, 1.54) is 34.4 Å².